The summed E-state index contributed by atoms with van der Waals surface area (Å²) >= 11 is 0. The van der Waals surface area contributed by atoms with Crippen molar-refractivity contribution in [3.05, 3.63) is 0 Å². The Kier molecular flexibility index (Phi) is 4.99. The molecule has 82 valence electrons. The first kappa shape index (κ1) is 11.5. The quantitative estimate of drug-likeness (QED) is 0.737. The van der Waals surface area contributed by atoms with Crippen LogP contribution in [0.25, 0.3) is 0 Å². The van der Waals surface area contributed by atoms with E-state index in [0.717, 1.165) is 18.8 Å². The van der Waals surface area contributed by atoms with E-state index < -0.39 is 0 Å². The van der Waals surface area contributed by atoms with Crippen LogP contribution in [0.1, 0.15) is 58.8 Å². The van der Waals surface area contributed by atoms with E-state index in [9.17, 15) is 4.79 Å². The van der Waals surface area contributed by atoms with Crippen molar-refractivity contribution in [1.82, 2.24) is 5.32 Å². The highest BCUT2D eigenvalue weighted by molar-refractivity contribution is 5.76. The van der Waals surface area contributed by atoms with Crippen LogP contribution in [0.15, 0.2) is 0 Å². The molecule has 1 aliphatic carbocycles. The highest BCUT2D eigenvalue weighted by Gasteiger charge is 2.19. The van der Waals surface area contributed by atoms with Crippen molar-refractivity contribution in [2.75, 3.05) is 0 Å². The van der Waals surface area contributed by atoms with Crippen molar-refractivity contribution in [1.29, 1.82) is 0 Å². The first-order chi connectivity index (χ1) is 6.72. The zero-order chi connectivity index (χ0) is 10.4. The third-order valence-corrected chi connectivity index (χ3v) is 3.14. The van der Waals surface area contributed by atoms with Gasteiger partial charge in [-0.15, -0.1) is 0 Å². The predicted molar refractivity (Wildman–Crippen MR) is 59.1 cm³/mol. The monoisotopic (exact) mass is 197 g/mol. The second-order valence-corrected chi connectivity index (χ2v) is 4.63. The van der Waals surface area contributed by atoms with Gasteiger partial charge in [0.05, 0.1) is 0 Å². The largest absolute Gasteiger partial charge is 0.353 e. The smallest absolute Gasteiger partial charge is 0.220 e. The van der Waals surface area contributed by atoms with Crippen molar-refractivity contribution in [3.63, 3.8) is 0 Å². The molecule has 0 heterocycles. The molecule has 0 spiro atoms. The van der Waals surface area contributed by atoms with Gasteiger partial charge in [0.25, 0.3) is 0 Å². The first-order valence-electron chi connectivity index (χ1n) is 6.01. The summed E-state index contributed by atoms with van der Waals surface area (Å²) < 4.78 is 0. The summed E-state index contributed by atoms with van der Waals surface area (Å²) in [5.41, 5.74) is 0. The molecule has 0 aliphatic heterocycles. The van der Waals surface area contributed by atoms with E-state index in [1.165, 1.54) is 25.7 Å². The van der Waals surface area contributed by atoms with E-state index in [1.54, 1.807) is 0 Å². The Morgan fingerprint density at radius 2 is 1.93 bits per heavy atom. The minimum atomic E-state index is 0.256. The van der Waals surface area contributed by atoms with E-state index >= 15 is 0 Å². The van der Waals surface area contributed by atoms with Gasteiger partial charge in [-0.05, 0) is 38.0 Å². The first-order valence-corrected chi connectivity index (χ1v) is 6.01. The Bertz CT molecular complexity index is 171. The second-order valence-electron chi connectivity index (χ2n) is 4.63. The number of carbonyl (C=O) groups is 1. The highest BCUT2D eigenvalue weighted by atomic mass is 16.1. The standard InChI is InChI=1S/C12H23NO/c1-3-4-5-12(14)13-11-8-6-10(2)7-9-11/h10-11H,3-9H2,1-2H3,(H,13,14). The molecule has 1 fully saturated rings. The van der Waals surface area contributed by atoms with Crippen molar-refractivity contribution < 1.29 is 4.79 Å². The molecule has 1 aliphatic rings. The molecule has 0 aromatic rings. The summed E-state index contributed by atoms with van der Waals surface area (Å²) in [4.78, 5) is 11.4. The van der Waals surface area contributed by atoms with E-state index in [4.69, 9.17) is 0 Å². The third-order valence-electron chi connectivity index (χ3n) is 3.14. The number of hydrogen-bond donors (Lipinski definition) is 1. The maximum absolute atomic E-state index is 11.4. The van der Waals surface area contributed by atoms with Crippen LogP contribution in [-0.2, 0) is 4.79 Å². The SMILES string of the molecule is CCCCC(=O)NC1CCC(C)CC1. The van der Waals surface area contributed by atoms with E-state index in [2.05, 4.69) is 19.2 Å². The van der Waals surface area contributed by atoms with Crippen LogP contribution in [-0.4, -0.2) is 11.9 Å². The fourth-order valence-corrected chi connectivity index (χ4v) is 2.04. The lowest BCUT2D eigenvalue weighted by Crippen LogP contribution is -2.37. The Balaban J connectivity index is 2.14. The highest BCUT2D eigenvalue weighted by Crippen LogP contribution is 2.23. The Labute approximate surface area is 87.5 Å². The molecule has 1 N–H and O–H groups in total. The van der Waals surface area contributed by atoms with Crippen molar-refractivity contribution in [3.8, 4) is 0 Å². The fraction of sp³-hybridized carbons (Fsp3) is 0.917. The molecule has 0 aromatic heterocycles. The maximum atomic E-state index is 11.4. The molecule has 2 heteroatoms. The second kappa shape index (κ2) is 6.05. The van der Waals surface area contributed by atoms with Crippen LogP contribution in [0.4, 0.5) is 0 Å². The maximum Gasteiger partial charge on any atom is 0.220 e. The van der Waals surface area contributed by atoms with Crippen LogP contribution in [0.3, 0.4) is 0 Å². The van der Waals surface area contributed by atoms with Gasteiger partial charge in [0.15, 0.2) is 0 Å². The molecule has 2 nitrogen and oxygen atoms in total. The minimum absolute atomic E-state index is 0.256. The van der Waals surface area contributed by atoms with Gasteiger partial charge in [-0.2, -0.15) is 0 Å². The molecule has 0 atom stereocenters. The number of unbranched alkanes of at least 4 members (excludes halogenated alkanes) is 1. The van der Waals surface area contributed by atoms with Crippen LogP contribution in [0, 0.1) is 5.92 Å². The summed E-state index contributed by atoms with van der Waals surface area (Å²) in [5, 5.41) is 3.14. The van der Waals surface area contributed by atoms with Gasteiger partial charge in [0, 0.05) is 12.5 Å². The lowest BCUT2D eigenvalue weighted by molar-refractivity contribution is -0.122. The van der Waals surface area contributed by atoms with E-state index in [-0.39, 0.29) is 5.91 Å². The van der Waals surface area contributed by atoms with Gasteiger partial charge in [-0.1, -0.05) is 20.3 Å². The molecular weight excluding hydrogens is 174 g/mol. The molecule has 0 bridgehead atoms. The van der Waals surface area contributed by atoms with Crippen LogP contribution in [0.2, 0.25) is 0 Å². The number of carbonyl (C=O) groups excluding carboxylic acids is 1. The average molecular weight is 197 g/mol. The van der Waals surface area contributed by atoms with Crippen molar-refractivity contribution in [2.24, 2.45) is 5.92 Å². The Morgan fingerprint density at radius 1 is 1.29 bits per heavy atom. The third kappa shape index (κ3) is 4.12. The molecule has 1 saturated carbocycles. The van der Waals surface area contributed by atoms with Gasteiger partial charge in [-0.3, -0.25) is 4.79 Å². The predicted octanol–water partition coefficient (Wildman–Crippen LogP) is 2.87. The summed E-state index contributed by atoms with van der Waals surface area (Å²) in [6, 6.07) is 0.468. The molecule has 1 amide bonds. The normalized spacial score (nSPS) is 27.3. The van der Waals surface area contributed by atoms with E-state index in [0.29, 0.717) is 12.5 Å². The molecular formula is C12H23NO. The minimum Gasteiger partial charge on any atom is -0.353 e. The summed E-state index contributed by atoms with van der Waals surface area (Å²) in [6.45, 7) is 4.42. The number of rotatable bonds is 4. The zero-order valence-electron chi connectivity index (χ0n) is 9.51. The van der Waals surface area contributed by atoms with Crippen LogP contribution in [0.5, 0.6) is 0 Å². The molecule has 1 rings (SSSR count). The average Bonchev–Trinajstić information content (AvgIpc) is 2.18. The Morgan fingerprint density at radius 3 is 2.50 bits per heavy atom. The van der Waals surface area contributed by atoms with Gasteiger partial charge in [0.2, 0.25) is 5.91 Å². The van der Waals surface area contributed by atoms with Gasteiger partial charge < -0.3 is 5.32 Å². The molecule has 0 unspecified atom stereocenters. The summed E-state index contributed by atoms with van der Waals surface area (Å²) in [5.74, 6) is 1.12. The van der Waals surface area contributed by atoms with Crippen molar-refractivity contribution >= 4 is 5.91 Å². The van der Waals surface area contributed by atoms with Crippen LogP contribution >= 0.6 is 0 Å². The number of amides is 1. The number of hydrogen-bond acceptors (Lipinski definition) is 1. The lowest BCUT2D eigenvalue weighted by atomic mass is 9.87. The fourth-order valence-electron chi connectivity index (χ4n) is 2.04. The molecule has 0 aromatic carbocycles. The topological polar surface area (TPSA) is 29.1 Å². The van der Waals surface area contributed by atoms with E-state index in [1.807, 2.05) is 0 Å². The lowest BCUT2D eigenvalue weighted by Gasteiger charge is -2.26. The van der Waals surface area contributed by atoms with Gasteiger partial charge in [0.1, 0.15) is 0 Å². The van der Waals surface area contributed by atoms with Crippen molar-refractivity contribution in [2.45, 2.75) is 64.8 Å². The summed E-state index contributed by atoms with van der Waals surface area (Å²) in [7, 11) is 0. The zero-order valence-corrected chi connectivity index (χ0v) is 9.51. The molecule has 0 saturated heterocycles. The molecule has 0 radical (unpaired) electrons. The number of nitrogens with one attached hydrogen (secondary N) is 1. The van der Waals surface area contributed by atoms with Gasteiger partial charge in [-0.25, -0.2) is 0 Å². The van der Waals surface area contributed by atoms with Crippen LogP contribution < -0.4 is 5.32 Å². The molecule has 14 heavy (non-hydrogen) atoms. The Hall–Kier alpha value is -0.530. The van der Waals surface area contributed by atoms with Gasteiger partial charge >= 0.3 is 0 Å². The summed E-state index contributed by atoms with van der Waals surface area (Å²) in [6.07, 6.45) is 7.75.